The van der Waals surface area contributed by atoms with Gasteiger partial charge in [0.05, 0.1) is 10.2 Å². The lowest BCUT2D eigenvalue weighted by atomic mass is 10.4. The summed E-state index contributed by atoms with van der Waals surface area (Å²) in [4.78, 5) is 0.340. The average molecular weight is 193 g/mol. The minimum Gasteiger partial charge on any atom is -0.393 e. The average Bonchev–Trinajstić information content (AvgIpc) is 2.65. The molecule has 1 aliphatic rings. The Morgan fingerprint density at radius 1 is 1.73 bits per heavy atom. The van der Waals surface area contributed by atoms with Crippen LogP contribution in [0.15, 0.2) is 0 Å². The Hall–Kier alpha value is -0.160. The minimum atomic E-state index is -2.89. The molecule has 0 aliphatic heterocycles. The monoisotopic (exact) mass is 193 g/mol. The summed E-state index contributed by atoms with van der Waals surface area (Å²) < 4.78 is 22.3. The minimum absolute atomic E-state index is 0.0463. The first-order chi connectivity index (χ1) is 4.99. The van der Waals surface area contributed by atoms with Crippen molar-refractivity contribution in [2.45, 2.75) is 18.6 Å². The van der Waals surface area contributed by atoms with Gasteiger partial charge in [-0.15, -0.1) is 0 Å². The molecule has 0 aromatic carbocycles. The molecule has 1 rings (SSSR count). The number of hydrogen-bond acceptors (Lipinski definition) is 3. The smallest absolute Gasteiger partial charge is 0.153 e. The molecule has 2 atom stereocenters. The third-order valence-electron chi connectivity index (χ3n) is 1.96. The van der Waals surface area contributed by atoms with E-state index in [9.17, 15) is 8.42 Å². The summed E-state index contributed by atoms with van der Waals surface area (Å²) in [5.41, 5.74) is 5.31. The highest BCUT2D eigenvalue weighted by molar-refractivity contribution is 7.92. The number of nitrogens with two attached hydrogens (primary N) is 1. The van der Waals surface area contributed by atoms with E-state index in [1.54, 1.807) is 6.92 Å². The summed E-state index contributed by atoms with van der Waals surface area (Å²) in [6.45, 7) is 1.64. The molecular weight excluding hydrogens is 182 g/mol. The number of sulfone groups is 1. The van der Waals surface area contributed by atoms with E-state index in [2.05, 4.69) is 12.2 Å². The van der Waals surface area contributed by atoms with E-state index in [1.807, 2.05) is 0 Å². The molecule has 2 unspecified atom stereocenters. The Morgan fingerprint density at radius 3 is 2.55 bits per heavy atom. The van der Waals surface area contributed by atoms with Gasteiger partial charge in [-0.3, -0.25) is 0 Å². The summed E-state index contributed by atoms with van der Waals surface area (Å²) in [5.74, 6) is 0.145. The molecule has 0 bridgehead atoms. The second-order valence-electron chi connectivity index (χ2n) is 2.73. The van der Waals surface area contributed by atoms with Gasteiger partial charge >= 0.3 is 0 Å². The molecule has 0 radical (unpaired) electrons. The first kappa shape index (κ1) is 8.93. The van der Waals surface area contributed by atoms with Crippen molar-refractivity contribution in [1.29, 1.82) is 0 Å². The van der Waals surface area contributed by atoms with Crippen molar-refractivity contribution in [1.82, 2.24) is 0 Å². The largest absolute Gasteiger partial charge is 0.393 e. The highest BCUT2D eigenvalue weighted by Gasteiger charge is 2.47. The number of hydrogen-bond donors (Lipinski definition) is 1. The van der Waals surface area contributed by atoms with Crippen LogP contribution in [-0.4, -0.2) is 24.4 Å². The Labute approximate surface area is 71.9 Å². The van der Waals surface area contributed by atoms with Gasteiger partial charge in [0.1, 0.15) is 0 Å². The van der Waals surface area contributed by atoms with Crippen LogP contribution in [0.4, 0.5) is 0 Å². The van der Waals surface area contributed by atoms with Crippen LogP contribution in [0.5, 0.6) is 0 Å². The van der Waals surface area contributed by atoms with Crippen molar-refractivity contribution in [3.05, 3.63) is 0 Å². The first-order valence-electron chi connectivity index (χ1n) is 3.50. The van der Waals surface area contributed by atoms with Gasteiger partial charge in [-0.2, -0.15) is 0 Å². The predicted octanol–water partition coefficient (Wildman–Crippen LogP) is 0.0957. The number of thiocarbonyl (C=S) groups is 1. The van der Waals surface area contributed by atoms with E-state index in [-0.39, 0.29) is 16.9 Å². The third-order valence-corrected chi connectivity index (χ3v) is 4.51. The third kappa shape index (κ3) is 1.70. The summed E-state index contributed by atoms with van der Waals surface area (Å²) in [5, 5.41) is -0.273. The maximum Gasteiger partial charge on any atom is 0.153 e. The lowest BCUT2D eigenvalue weighted by Gasteiger charge is -1.97. The SMILES string of the molecule is CCS(=O)(=O)C1CC1C(N)=S. The fourth-order valence-electron chi connectivity index (χ4n) is 1.08. The lowest BCUT2D eigenvalue weighted by Crippen LogP contribution is -2.18. The van der Waals surface area contributed by atoms with Crippen LogP contribution in [-0.2, 0) is 9.84 Å². The molecule has 0 spiro atoms. The van der Waals surface area contributed by atoms with E-state index in [0.29, 0.717) is 11.4 Å². The Balaban J connectivity index is 2.64. The van der Waals surface area contributed by atoms with Crippen LogP contribution in [0.2, 0.25) is 0 Å². The lowest BCUT2D eigenvalue weighted by molar-refractivity contribution is 0.595. The van der Waals surface area contributed by atoms with Crippen LogP contribution in [0.3, 0.4) is 0 Å². The van der Waals surface area contributed by atoms with Crippen molar-refractivity contribution in [3.63, 3.8) is 0 Å². The molecule has 0 aromatic rings. The van der Waals surface area contributed by atoms with Gasteiger partial charge in [0.15, 0.2) is 9.84 Å². The molecule has 1 fully saturated rings. The molecule has 0 aromatic heterocycles. The van der Waals surface area contributed by atoms with Crippen LogP contribution < -0.4 is 5.73 Å². The highest BCUT2D eigenvalue weighted by Crippen LogP contribution is 2.37. The Bertz CT molecular complexity index is 270. The quantitative estimate of drug-likeness (QED) is 0.646. The van der Waals surface area contributed by atoms with Gasteiger partial charge in [-0.1, -0.05) is 19.1 Å². The molecule has 0 heterocycles. The van der Waals surface area contributed by atoms with Crippen LogP contribution in [0, 0.1) is 5.92 Å². The summed E-state index contributed by atoms with van der Waals surface area (Å²) in [6, 6.07) is 0. The van der Waals surface area contributed by atoms with Gasteiger partial charge in [0, 0.05) is 11.7 Å². The Kier molecular flexibility index (Phi) is 2.20. The van der Waals surface area contributed by atoms with Gasteiger partial charge in [-0.05, 0) is 6.42 Å². The molecule has 5 heteroatoms. The summed E-state index contributed by atoms with van der Waals surface area (Å²) in [7, 11) is -2.89. The van der Waals surface area contributed by atoms with Gasteiger partial charge in [-0.25, -0.2) is 8.42 Å². The summed E-state index contributed by atoms with van der Waals surface area (Å²) >= 11 is 4.69. The van der Waals surface area contributed by atoms with Crippen LogP contribution in [0.1, 0.15) is 13.3 Å². The van der Waals surface area contributed by atoms with Crippen LogP contribution in [0.25, 0.3) is 0 Å². The molecule has 3 nitrogen and oxygen atoms in total. The molecule has 2 N–H and O–H groups in total. The second kappa shape index (κ2) is 2.71. The van der Waals surface area contributed by atoms with Crippen LogP contribution >= 0.6 is 12.2 Å². The van der Waals surface area contributed by atoms with Gasteiger partial charge in [0.25, 0.3) is 0 Å². The molecule has 64 valence electrons. The maximum absolute atomic E-state index is 11.2. The second-order valence-corrected chi connectivity index (χ2v) is 5.71. The van der Waals surface area contributed by atoms with Gasteiger partial charge in [0.2, 0.25) is 0 Å². The zero-order chi connectivity index (χ0) is 8.65. The van der Waals surface area contributed by atoms with E-state index < -0.39 is 9.84 Å². The highest BCUT2D eigenvalue weighted by atomic mass is 32.2. The van der Waals surface area contributed by atoms with E-state index >= 15 is 0 Å². The zero-order valence-electron chi connectivity index (χ0n) is 6.28. The van der Waals surface area contributed by atoms with E-state index in [1.165, 1.54) is 0 Å². The number of rotatable bonds is 3. The van der Waals surface area contributed by atoms with Crippen molar-refractivity contribution < 1.29 is 8.42 Å². The molecular formula is C6H11NO2S2. The molecule has 1 saturated carbocycles. The Morgan fingerprint density at radius 2 is 2.27 bits per heavy atom. The fourth-order valence-corrected chi connectivity index (χ4v) is 3.00. The maximum atomic E-state index is 11.2. The molecule has 11 heavy (non-hydrogen) atoms. The molecule has 0 saturated heterocycles. The molecule has 0 amide bonds. The fraction of sp³-hybridized carbons (Fsp3) is 0.833. The van der Waals surface area contributed by atoms with Crippen molar-refractivity contribution >= 4 is 27.0 Å². The topological polar surface area (TPSA) is 60.2 Å². The predicted molar refractivity (Wildman–Crippen MR) is 48.1 cm³/mol. The normalized spacial score (nSPS) is 29.9. The van der Waals surface area contributed by atoms with E-state index in [4.69, 9.17) is 5.73 Å². The van der Waals surface area contributed by atoms with Crippen molar-refractivity contribution in [2.75, 3.05) is 5.75 Å². The summed E-state index contributed by atoms with van der Waals surface area (Å²) in [6.07, 6.45) is 0.630. The standard InChI is InChI=1S/C6H11NO2S2/c1-2-11(8,9)5-3-4(5)6(7)10/h4-5H,2-3H2,1H3,(H2,7,10). The van der Waals surface area contributed by atoms with Gasteiger partial charge < -0.3 is 5.73 Å². The van der Waals surface area contributed by atoms with E-state index in [0.717, 1.165) is 0 Å². The van der Waals surface area contributed by atoms with Crippen molar-refractivity contribution in [2.24, 2.45) is 11.7 Å². The zero-order valence-corrected chi connectivity index (χ0v) is 7.91. The first-order valence-corrected chi connectivity index (χ1v) is 5.62. The van der Waals surface area contributed by atoms with Crippen molar-refractivity contribution in [3.8, 4) is 0 Å². The molecule has 1 aliphatic carbocycles.